The molecule has 1 saturated heterocycles. The Hall–Kier alpha value is -3.92. The van der Waals surface area contributed by atoms with E-state index in [1.54, 1.807) is 6.07 Å². The zero-order valence-corrected chi connectivity index (χ0v) is 16.6. The quantitative estimate of drug-likeness (QED) is 0.441. The molecule has 31 heavy (non-hydrogen) atoms. The second-order valence-corrected chi connectivity index (χ2v) is 6.79. The predicted octanol–water partition coefficient (Wildman–Crippen LogP) is 1.87. The number of hydrogen-bond acceptors (Lipinski definition) is 5. The van der Waals surface area contributed by atoms with Gasteiger partial charge in [0.15, 0.2) is 6.61 Å². The number of nitrogens with two attached hydrogens (primary N) is 1. The fraction of sp³-hybridized carbons (Fsp3) is 0.100. The number of carbonyl (C=O) groups is 4. The normalized spacial score (nSPS) is 14.5. The molecular weight excluding hydrogens is 431 g/mol. The molecular formula is C20H16ClFN4O5. The van der Waals surface area contributed by atoms with Gasteiger partial charge in [-0.2, -0.15) is 0 Å². The Balaban J connectivity index is 1.67. The fourth-order valence-corrected chi connectivity index (χ4v) is 2.88. The van der Waals surface area contributed by atoms with Gasteiger partial charge >= 0.3 is 6.03 Å². The standard InChI is InChI=1S/C20H16ClFN4O5/c21-14-7-11(1-6-16(14)31-10-17(23)27)8-15-19(29)26(20(30)25-15)9-18(28)24-13-4-2-12(22)3-5-13/h1-8H,9-10H2,(H2,23,27)(H,24,28)(H,25,30). The number of rotatable bonds is 7. The topological polar surface area (TPSA) is 131 Å². The summed E-state index contributed by atoms with van der Waals surface area (Å²) in [6, 6.07) is 8.77. The van der Waals surface area contributed by atoms with Crippen LogP contribution in [0.15, 0.2) is 48.2 Å². The second-order valence-electron chi connectivity index (χ2n) is 6.38. The highest BCUT2D eigenvalue weighted by Gasteiger charge is 2.34. The van der Waals surface area contributed by atoms with E-state index in [1.807, 2.05) is 0 Å². The fourth-order valence-electron chi connectivity index (χ4n) is 2.63. The van der Waals surface area contributed by atoms with Crippen LogP contribution in [0.1, 0.15) is 5.56 Å². The molecule has 11 heteroatoms. The predicted molar refractivity (Wildman–Crippen MR) is 109 cm³/mol. The van der Waals surface area contributed by atoms with Crippen LogP contribution in [-0.2, 0) is 14.4 Å². The van der Waals surface area contributed by atoms with Crippen LogP contribution < -0.4 is 21.1 Å². The van der Waals surface area contributed by atoms with E-state index in [-0.39, 0.29) is 23.1 Å². The highest BCUT2D eigenvalue weighted by atomic mass is 35.5. The van der Waals surface area contributed by atoms with Crippen molar-refractivity contribution in [3.63, 3.8) is 0 Å². The van der Waals surface area contributed by atoms with E-state index in [4.69, 9.17) is 22.1 Å². The summed E-state index contributed by atoms with van der Waals surface area (Å²) in [7, 11) is 0. The summed E-state index contributed by atoms with van der Waals surface area (Å²) in [5, 5.41) is 5.03. The second kappa shape index (κ2) is 9.26. The average molecular weight is 447 g/mol. The third-order valence-corrected chi connectivity index (χ3v) is 4.32. The van der Waals surface area contributed by atoms with Crippen molar-refractivity contribution in [2.24, 2.45) is 5.73 Å². The van der Waals surface area contributed by atoms with Gasteiger partial charge in [0, 0.05) is 5.69 Å². The zero-order chi connectivity index (χ0) is 22.5. The molecule has 9 nitrogen and oxygen atoms in total. The molecule has 160 valence electrons. The molecule has 0 radical (unpaired) electrons. The summed E-state index contributed by atoms with van der Waals surface area (Å²) in [5.74, 6) is -2.23. The molecule has 0 atom stereocenters. The lowest BCUT2D eigenvalue weighted by molar-refractivity contribution is -0.127. The molecule has 0 aromatic heterocycles. The smallest absolute Gasteiger partial charge is 0.329 e. The molecule has 0 bridgehead atoms. The summed E-state index contributed by atoms with van der Waals surface area (Å²) in [5.41, 5.74) is 5.75. The van der Waals surface area contributed by atoms with Gasteiger partial charge in [-0.1, -0.05) is 17.7 Å². The molecule has 4 N–H and O–H groups in total. The minimum atomic E-state index is -0.766. The zero-order valence-electron chi connectivity index (χ0n) is 15.9. The van der Waals surface area contributed by atoms with Crippen LogP contribution in [0.2, 0.25) is 5.02 Å². The SMILES string of the molecule is NC(=O)COc1ccc(C=C2NC(=O)N(CC(=O)Nc3ccc(F)cc3)C2=O)cc1Cl. The van der Waals surface area contributed by atoms with Crippen LogP contribution in [0.3, 0.4) is 0 Å². The first-order valence-electron chi connectivity index (χ1n) is 8.83. The molecule has 5 amide bonds. The van der Waals surface area contributed by atoms with E-state index < -0.39 is 36.1 Å². The van der Waals surface area contributed by atoms with Crippen molar-refractivity contribution >= 4 is 47.1 Å². The van der Waals surface area contributed by atoms with Gasteiger partial charge in [0.2, 0.25) is 5.91 Å². The largest absolute Gasteiger partial charge is 0.482 e. The number of primary amides is 1. The Morgan fingerprint density at radius 2 is 1.90 bits per heavy atom. The van der Waals surface area contributed by atoms with Crippen molar-refractivity contribution < 1.29 is 28.3 Å². The maximum Gasteiger partial charge on any atom is 0.329 e. The van der Waals surface area contributed by atoms with Gasteiger partial charge in [0.25, 0.3) is 11.8 Å². The molecule has 0 saturated carbocycles. The summed E-state index contributed by atoms with van der Waals surface area (Å²) in [6.07, 6.45) is 1.38. The third-order valence-electron chi connectivity index (χ3n) is 4.03. The number of benzene rings is 2. The van der Waals surface area contributed by atoms with E-state index in [9.17, 15) is 23.6 Å². The van der Waals surface area contributed by atoms with Gasteiger partial charge < -0.3 is 21.1 Å². The van der Waals surface area contributed by atoms with E-state index >= 15 is 0 Å². The molecule has 1 heterocycles. The van der Waals surface area contributed by atoms with Gasteiger partial charge in [0.05, 0.1) is 5.02 Å². The van der Waals surface area contributed by atoms with Crippen LogP contribution in [0.25, 0.3) is 6.08 Å². The van der Waals surface area contributed by atoms with Gasteiger partial charge in [-0.05, 0) is 48.0 Å². The van der Waals surface area contributed by atoms with Gasteiger partial charge in [-0.3, -0.25) is 14.4 Å². The number of nitrogens with zero attached hydrogens (tertiary/aromatic N) is 1. The summed E-state index contributed by atoms with van der Waals surface area (Å²) < 4.78 is 18.1. The molecule has 3 rings (SSSR count). The molecule has 2 aromatic rings. The number of halogens is 2. The number of imide groups is 1. The van der Waals surface area contributed by atoms with E-state index in [0.717, 1.165) is 4.90 Å². The Kier molecular flexibility index (Phi) is 6.51. The summed E-state index contributed by atoms with van der Waals surface area (Å²) in [4.78, 5) is 48.3. The number of carbonyl (C=O) groups excluding carboxylic acids is 4. The van der Waals surface area contributed by atoms with Crippen molar-refractivity contribution in [3.05, 3.63) is 64.6 Å². The van der Waals surface area contributed by atoms with Crippen LogP contribution in [-0.4, -0.2) is 41.8 Å². The first-order valence-corrected chi connectivity index (χ1v) is 9.21. The highest BCUT2D eigenvalue weighted by Crippen LogP contribution is 2.27. The van der Waals surface area contributed by atoms with Crippen LogP contribution in [0.5, 0.6) is 5.75 Å². The number of ether oxygens (including phenoxy) is 1. The first-order chi connectivity index (χ1) is 14.7. The number of amides is 5. The maximum atomic E-state index is 12.9. The number of nitrogens with one attached hydrogen (secondary N) is 2. The molecule has 0 unspecified atom stereocenters. The van der Waals surface area contributed by atoms with Crippen LogP contribution in [0, 0.1) is 5.82 Å². The van der Waals surface area contributed by atoms with Gasteiger partial charge in [-0.15, -0.1) is 0 Å². The third kappa shape index (κ3) is 5.58. The Bertz CT molecular complexity index is 1090. The summed E-state index contributed by atoms with van der Waals surface area (Å²) >= 11 is 6.08. The highest BCUT2D eigenvalue weighted by molar-refractivity contribution is 6.32. The van der Waals surface area contributed by atoms with Crippen molar-refractivity contribution in [1.29, 1.82) is 0 Å². The van der Waals surface area contributed by atoms with Crippen molar-refractivity contribution in [3.8, 4) is 5.75 Å². The number of urea groups is 1. The Morgan fingerprint density at radius 3 is 2.55 bits per heavy atom. The van der Waals surface area contributed by atoms with E-state index in [0.29, 0.717) is 11.3 Å². The number of hydrogen-bond donors (Lipinski definition) is 3. The minimum absolute atomic E-state index is 0.0542. The molecule has 2 aromatic carbocycles. The first kappa shape index (κ1) is 21.8. The van der Waals surface area contributed by atoms with E-state index in [1.165, 1.54) is 42.5 Å². The molecule has 0 aliphatic carbocycles. The summed E-state index contributed by atoms with van der Waals surface area (Å²) in [6.45, 7) is -0.871. The maximum absolute atomic E-state index is 12.9. The van der Waals surface area contributed by atoms with Crippen LogP contribution in [0.4, 0.5) is 14.9 Å². The van der Waals surface area contributed by atoms with Crippen molar-refractivity contribution in [2.45, 2.75) is 0 Å². The average Bonchev–Trinajstić information content (AvgIpc) is 2.96. The molecule has 1 aliphatic heterocycles. The van der Waals surface area contributed by atoms with Gasteiger partial charge in [0.1, 0.15) is 23.8 Å². The van der Waals surface area contributed by atoms with E-state index in [2.05, 4.69) is 10.6 Å². The minimum Gasteiger partial charge on any atom is -0.482 e. The lowest BCUT2D eigenvalue weighted by atomic mass is 10.2. The Morgan fingerprint density at radius 1 is 1.19 bits per heavy atom. The number of anilines is 1. The van der Waals surface area contributed by atoms with Crippen molar-refractivity contribution in [2.75, 3.05) is 18.5 Å². The monoisotopic (exact) mass is 446 g/mol. The molecule has 0 spiro atoms. The van der Waals surface area contributed by atoms with Crippen LogP contribution >= 0.6 is 11.6 Å². The lowest BCUT2D eigenvalue weighted by Crippen LogP contribution is -2.38. The molecule has 1 aliphatic rings. The van der Waals surface area contributed by atoms with Crippen molar-refractivity contribution in [1.82, 2.24) is 10.2 Å². The van der Waals surface area contributed by atoms with Gasteiger partial charge in [-0.25, -0.2) is 14.1 Å². The Labute approximate surface area is 180 Å². The lowest BCUT2D eigenvalue weighted by Gasteiger charge is -2.12. The molecule has 1 fully saturated rings.